The summed E-state index contributed by atoms with van der Waals surface area (Å²) in [4.78, 5) is 18.6. The van der Waals surface area contributed by atoms with Crippen molar-refractivity contribution in [2.45, 2.75) is 26.0 Å². The van der Waals surface area contributed by atoms with Gasteiger partial charge >= 0.3 is 5.97 Å². The molecule has 1 aromatic rings. The highest BCUT2D eigenvalue weighted by Gasteiger charge is 2.11. The fourth-order valence-corrected chi connectivity index (χ4v) is 2.30. The van der Waals surface area contributed by atoms with Crippen LogP contribution in [0.4, 0.5) is 0 Å². The van der Waals surface area contributed by atoms with Gasteiger partial charge in [-0.15, -0.1) is 0 Å². The average molecular weight is 240 g/mol. The number of carboxylic acids is 1. The van der Waals surface area contributed by atoms with E-state index in [1.54, 1.807) is 11.8 Å². The SMILES string of the molecule is CCC(C)CSCc1ncncc1C(=O)O. The summed E-state index contributed by atoms with van der Waals surface area (Å²) in [5, 5.41) is 8.93. The summed E-state index contributed by atoms with van der Waals surface area (Å²) in [7, 11) is 0. The molecule has 0 amide bonds. The first-order valence-corrected chi connectivity index (χ1v) is 6.40. The molecule has 0 aliphatic heterocycles. The molecule has 0 bridgehead atoms. The molecule has 4 nitrogen and oxygen atoms in total. The van der Waals surface area contributed by atoms with E-state index in [0.29, 0.717) is 17.4 Å². The number of thioether (sulfide) groups is 1. The molecule has 0 aliphatic rings. The van der Waals surface area contributed by atoms with Crippen molar-refractivity contribution in [3.05, 3.63) is 23.8 Å². The second kappa shape index (κ2) is 6.48. The molecule has 1 N–H and O–H groups in total. The summed E-state index contributed by atoms with van der Waals surface area (Å²) in [5.74, 6) is 1.36. The molecule has 0 saturated carbocycles. The van der Waals surface area contributed by atoms with E-state index in [1.165, 1.54) is 12.5 Å². The lowest BCUT2D eigenvalue weighted by Gasteiger charge is -2.08. The number of carboxylic acid groups (broad SMARTS) is 1. The van der Waals surface area contributed by atoms with Crippen LogP contribution in [0.1, 0.15) is 36.3 Å². The van der Waals surface area contributed by atoms with Gasteiger partial charge in [0.05, 0.1) is 5.69 Å². The van der Waals surface area contributed by atoms with Crippen molar-refractivity contribution in [1.82, 2.24) is 9.97 Å². The first-order valence-electron chi connectivity index (χ1n) is 5.25. The third-order valence-electron chi connectivity index (χ3n) is 2.36. The number of nitrogens with zero attached hydrogens (tertiary/aromatic N) is 2. The van der Waals surface area contributed by atoms with Crippen LogP contribution in [0.25, 0.3) is 0 Å². The van der Waals surface area contributed by atoms with Crippen LogP contribution < -0.4 is 0 Å². The quantitative estimate of drug-likeness (QED) is 0.827. The van der Waals surface area contributed by atoms with Gasteiger partial charge in [-0.2, -0.15) is 11.8 Å². The van der Waals surface area contributed by atoms with Gasteiger partial charge in [0.25, 0.3) is 0 Å². The molecule has 1 rings (SSSR count). The molecule has 1 atom stereocenters. The van der Waals surface area contributed by atoms with Gasteiger partial charge in [-0.25, -0.2) is 14.8 Å². The summed E-state index contributed by atoms with van der Waals surface area (Å²) in [6.07, 6.45) is 3.89. The van der Waals surface area contributed by atoms with Gasteiger partial charge < -0.3 is 5.11 Å². The van der Waals surface area contributed by atoms with Crippen molar-refractivity contribution in [1.29, 1.82) is 0 Å². The molecule has 0 fully saturated rings. The highest BCUT2D eigenvalue weighted by atomic mass is 32.2. The summed E-state index contributed by atoms with van der Waals surface area (Å²) in [6.45, 7) is 4.34. The van der Waals surface area contributed by atoms with Crippen LogP contribution in [-0.2, 0) is 5.75 Å². The van der Waals surface area contributed by atoms with Crippen molar-refractivity contribution in [3.63, 3.8) is 0 Å². The van der Waals surface area contributed by atoms with E-state index in [-0.39, 0.29) is 5.56 Å². The van der Waals surface area contributed by atoms with Crippen LogP contribution in [0.2, 0.25) is 0 Å². The van der Waals surface area contributed by atoms with Crippen LogP contribution in [0, 0.1) is 5.92 Å². The number of aromatic nitrogens is 2. The Morgan fingerprint density at radius 1 is 1.62 bits per heavy atom. The summed E-state index contributed by atoms with van der Waals surface area (Å²) >= 11 is 1.72. The van der Waals surface area contributed by atoms with Crippen LogP contribution in [0.15, 0.2) is 12.5 Å². The minimum absolute atomic E-state index is 0.208. The number of carbonyl (C=O) groups is 1. The molecule has 16 heavy (non-hydrogen) atoms. The molecule has 5 heteroatoms. The highest BCUT2D eigenvalue weighted by molar-refractivity contribution is 7.98. The van der Waals surface area contributed by atoms with E-state index in [4.69, 9.17) is 5.11 Å². The van der Waals surface area contributed by atoms with Crippen LogP contribution >= 0.6 is 11.8 Å². The Bertz CT molecular complexity index is 358. The molecule has 1 heterocycles. The van der Waals surface area contributed by atoms with E-state index >= 15 is 0 Å². The van der Waals surface area contributed by atoms with E-state index < -0.39 is 5.97 Å². The third kappa shape index (κ3) is 3.81. The molecular formula is C11H16N2O2S. The third-order valence-corrected chi connectivity index (χ3v) is 3.65. The second-order valence-electron chi connectivity index (χ2n) is 3.72. The van der Waals surface area contributed by atoms with E-state index in [2.05, 4.69) is 23.8 Å². The normalized spacial score (nSPS) is 12.4. The average Bonchev–Trinajstić information content (AvgIpc) is 2.29. The monoisotopic (exact) mass is 240 g/mol. The van der Waals surface area contributed by atoms with E-state index in [9.17, 15) is 4.79 Å². The highest BCUT2D eigenvalue weighted by Crippen LogP contribution is 2.17. The van der Waals surface area contributed by atoms with Gasteiger partial charge in [0.1, 0.15) is 11.9 Å². The van der Waals surface area contributed by atoms with Crippen LogP contribution in [0.5, 0.6) is 0 Å². The molecule has 88 valence electrons. The van der Waals surface area contributed by atoms with Crippen molar-refractivity contribution in [2.24, 2.45) is 5.92 Å². The molecule has 1 unspecified atom stereocenters. The predicted octanol–water partition coefficient (Wildman–Crippen LogP) is 2.45. The van der Waals surface area contributed by atoms with Crippen LogP contribution in [-0.4, -0.2) is 26.8 Å². The maximum Gasteiger partial charge on any atom is 0.339 e. The largest absolute Gasteiger partial charge is 0.478 e. The minimum atomic E-state index is -0.959. The molecule has 0 aliphatic carbocycles. The Balaban J connectivity index is 2.56. The maximum absolute atomic E-state index is 10.9. The summed E-state index contributed by atoms with van der Waals surface area (Å²) in [6, 6.07) is 0. The molecule has 0 spiro atoms. The Morgan fingerprint density at radius 2 is 2.38 bits per heavy atom. The fraction of sp³-hybridized carbons (Fsp3) is 0.545. The topological polar surface area (TPSA) is 63.1 Å². The van der Waals surface area contributed by atoms with E-state index in [1.807, 2.05) is 0 Å². The van der Waals surface area contributed by atoms with Crippen LogP contribution in [0.3, 0.4) is 0 Å². The number of hydrogen-bond donors (Lipinski definition) is 1. The van der Waals surface area contributed by atoms with Crippen molar-refractivity contribution in [2.75, 3.05) is 5.75 Å². The number of rotatable bonds is 6. The maximum atomic E-state index is 10.9. The Kier molecular flexibility index (Phi) is 5.25. The van der Waals surface area contributed by atoms with Crippen molar-refractivity contribution < 1.29 is 9.90 Å². The Labute approximate surface area is 99.5 Å². The zero-order valence-corrected chi connectivity index (χ0v) is 10.3. The van der Waals surface area contributed by atoms with Crippen molar-refractivity contribution in [3.8, 4) is 0 Å². The molecule has 1 aromatic heterocycles. The predicted molar refractivity (Wildman–Crippen MR) is 64.6 cm³/mol. The molecule has 0 radical (unpaired) electrons. The number of aromatic carboxylic acids is 1. The van der Waals surface area contributed by atoms with Gasteiger partial charge in [-0.05, 0) is 11.7 Å². The van der Waals surface area contributed by atoms with Gasteiger partial charge in [-0.1, -0.05) is 20.3 Å². The zero-order valence-electron chi connectivity index (χ0n) is 9.51. The molecule has 0 saturated heterocycles. The zero-order chi connectivity index (χ0) is 12.0. The molecular weight excluding hydrogens is 224 g/mol. The fourth-order valence-electron chi connectivity index (χ4n) is 1.12. The Morgan fingerprint density at radius 3 is 3.00 bits per heavy atom. The van der Waals surface area contributed by atoms with Gasteiger partial charge in [0.15, 0.2) is 0 Å². The summed E-state index contributed by atoms with van der Waals surface area (Å²) in [5.41, 5.74) is 0.815. The lowest BCUT2D eigenvalue weighted by Crippen LogP contribution is -2.05. The Hall–Kier alpha value is -1.10. The van der Waals surface area contributed by atoms with Gasteiger partial charge in [0.2, 0.25) is 0 Å². The minimum Gasteiger partial charge on any atom is -0.478 e. The first-order chi connectivity index (χ1) is 7.65. The smallest absolute Gasteiger partial charge is 0.339 e. The van der Waals surface area contributed by atoms with Crippen molar-refractivity contribution >= 4 is 17.7 Å². The second-order valence-corrected chi connectivity index (χ2v) is 4.75. The van der Waals surface area contributed by atoms with Gasteiger partial charge in [-0.3, -0.25) is 0 Å². The van der Waals surface area contributed by atoms with E-state index in [0.717, 1.165) is 12.2 Å². The standard InChI is InChI=1S/C11H16N2O2S/c1-3-8(2)5-16-6-10-9(11(14)15)4-12-7-13-10/h4,7-8H,3,5-6H2,1-2H3,(H,14,15). The van der Waals surface area contributed by atoms with Gasteiger partial charge in [0, 0.05) is 11.9 Å². The lowest BCUT2D eigenvalue weighted by molar-refractivity contribution is 0.0695. The first kappa shape index (κ1) is 13.0. The molecule has 0 aromatic carbocycles. The number of hydrogen-bond acceptors (Lipinski definition) is 4. The lowest BCUT2D eigenvalue weighted by atomic mass is 10.2. The summed E-state index contributed by atoms with van der Waals surface area (Å²) < 4.78 is 0.